The SMILES string of the molecule is C=C(c1ccccc1)c1c[c]cs1. The highest BCUT2D eigenvalue weighted by atomic mass is 32.1. The Hall–Kier alpha value is -1.34. The van der Waals surface area contributed by atoms with Crippen molar-refractivity contribution in [3.8, 4) is 0 Å². The van der Waals surface area contributed by atoms with E-state index in [0.29, 0.717) is 0 Å². The van der Waals surface area contributed by atoms with E-state index in [2.05, 4.69) is 24.8 Å². The minimum atomic E-state index is 1.08. The molecule has 63 valence electrons. The van der Waals surface area contributed by atoms with E-state index >= 15 is 0 Å². The Bertz CT molecular complexity index is 384. The lowest BCUT2D eigenvalue weighted by Gasteiger charge is -2.01. The van der Waals surface area contributed by atoms with Gasteiger partial charge in [-0.15, -0.1) is 11.3 Å². The van der Waals surface area contributed by atoms with Gasteiger partial charge in [0.25, 0.3) is 0 Å². The van der Waals surface area contributed by atoms with Crippen LogP contribution in [0.3, 0.4) is 0 Å². The lowest BCUT2D eigenvalue weighted by atomic mass is 10.1. The van der Waals surface area contributed by atoms with Crippen LogP contribution < -0.4 is 0 Å². The number of thiophene rings is 1. The third kappa shape index (κ3) is 1.70. The highest BCUT2D eigenvalue weighted by Gasteiger charge is 2.01. The number of benzene rings is 1. The van der Waals surface area contributed by atoms with Gasteiger partial charge in [0, 0.05) is 4.88 Å². The van der Waals surface area contributed by atoms with Crippen LogP contribution in [0.2, 0.25) is 0 Å². The minimum absolute atomic E-state index is 1.08. The van der Waals surface area contributed by atoms with Crippen LogP contribution in [0.4, 0.5) is 0 Å². The standard InChI is InChI=1S/C12H9S/c1-10(12-8-5-9-13-12)11-6-3-2-4-7-11/h2-4,6-9H,1H2. The molecule has 0 unspecified atom stereocenters. The molecular formula is C12H9S. The quantitative estimate of drug-likeness (QED) is 0.670. The molecule has 2 aromatic rings. The second-order valence-electron chi connectivity index (χ2n) is 2.76. The van der Waals surface area contributed by atoms with Gasteiger partial charge in [-0.25, -0.2) is 0 Å². The molecule has 0 saturated carbocycles. The molecular weight excluding hydrogens is 176 g/mol. The molecule has 0 atom stereocenters. The Morgan fingerprint density at radius 1 is 1.23 bits per heavy atom. The van der Waals surface area contributed by atoms with Crippen molar-refractivity contribution in [1.82, 2.24) is 0 Å². The summed E-state index contributed by atoms with van der Waals surface area (Å²) in [6.45, 7) is 4.06. The summed E-state index contributed by atoms with van der Waals surface area (Å²) in [5.74, 6) is 0. The minimum Gasteiger partial charge on any atom is -0.143 e. The van der Waals surface area contributed by atoms with Crippen LogP contribution in [-0.4, -0.2) is 0 Å². The summed E-state index contributed by atoms with van der Waals surface area (Å²) in [5.41, 5.74) is 2.25. The van der Waals surface area contributed by atoms with Crippen LogP contribution in [0.25, 0.3) is 5.57 Å². The largest absolute Gasteiger partial charge is 0.143 e. The Morgan fingerprint density at radius 2 is 2.00 bits per heavy atom. The fourth-order valence-electron chi connectivity index (χ4n) is 1.18. The van der Waals surface area contributed by atoms with Crippen LogP contribution in [-0.2, 0) is 0 Å². The molecule has 0 aliphatic carbocycles. The normalized spacial score (nSPS) is 9.85. The molecule has 1 aromatic carbocycles. The number of hydrogen-bond donors (Lipinski definition) is 0. The fraction of sp³-hybridized carbons (Fsp3) is 0. The van der Waals surface area contributed by atoms with E-state index in [0.717, 1.165) is 5.57 Å². The van der Waals surface area contributed by atoms with Gasteiger partial charge in [-0.3, -0.25) is 0 Å². The molecule has 1 aromatic heterocycles. The van der Waals surface area contributed by atoms with Crippen molar-refractivity contribution in [1.29, 1.82) is 0 Å². The first kappa shape index (κ1) is 8.27. The third-order valence-corrected chi connectivity index (χ3v) is 2.76. The number of hydrogen-bond acceptors (Lipinski definition) is 1. The summed E-state index contributed by atoms with van der Waals surface area (Å²) in [6, 6.07) is 15.2. The van der Waals surface area contributed by atoms with Crippen molar-refractivity contribution >= 4 is 16.9 Å². The van der Waals surface area contributed by atoms with Gasteiger partial charge < -0.3 is 0 Å². The second-order valence-corrected chi connectivity index (χ2v) is 3.67. The molecule has 1 heteroatoms. The first-order valence-corrected chi connectivity index (χ1v) is 4.95. The van der Waals surface area contributed by atoms with Gasteiger partial charge in [-0.05, 0) is 28.6 Å². The first-order valence-electron chi connectivity index (χ1n) is 4.07. The first-order chi connectivity index (χ1) is 6.38. The molecule has 0 spiro atoms. The molecule has 0 saturated heterocycles. The maximum absolute atomic E-state index is 4.06. The lowest BCUT2D eigenvalue weighted by molar-refractivity contribution is 1.62. The maximum Gasteiger partial charge on any atom is 0.0349 e. The zero-order valence-electron chi connectivity index (χ0n) is 7.16. The van der Waals surface area contributed by atoms with Crippen molar-refractivity contribution in [3.63, 3.8) is 0 Å². The van der Waals surface area contributed by atoms with Crippen LogP contribution in [0, 0.1) is 6.07 Å². The Labute approximate surface area is 82.2 Å². The van der Waals surface area contributed by atoms with E-state index in [1.165, 1.54) is 10.4 Å². The zero-order valence-corrected chi connectivity index (χ0v) is 7.97. The van der Waals surface area contributed by atoms with Crippen LogP contribution >= 0.6 is 11.3 Å². The molecule has 1 radical (unpaired) electrons. The van der Waals surface area contributed by atoms with E-state index < -0.39 is 0 Å². The predicted octanol–water partition coefficient (Wildman–Crippen LogP) is 3.61. The average Bonchev–Trinajstić information content (AvgIpc) is 2.71. The average molecular weight is 185 g/mol. The van der Waals surface area contributed by atoms with Crippen molar-refractivity contribution in [2.45, 2.75) is 0 Å². The van der Waals surface area contributed by atoms with Gasteiger partial charge in [0.2, 0.25) is 0 Å². The van der Waals surface area contributed by atoms with Gasteiger partial charge >= 0.3 is 0 Å². The van der Waals surface area contributed by atoms with Crippen molar-refractivity contribution in [3.05, 3.63) is 64.9 Å². The van der Waals surface area contributed by atoms with Crippen LogP contribution in [0.15, 0.2) is 48.4 Å². The molecule has 13 heavy (non-hydrogen) atoms. The fourth-order valence-corrected chi connectivity index (χ4v) is 1.84. The van der Waals surface area contributed by atoms with Crippen molar-refractivity contribution < 1.29 is 0 Å². The molecule has 0 aliphatic heterocycles. The maximum atomic E-state index is 4.06. The van der Waals surface area contributed by atoms with Gasteiger partial charge in [0.05, 0.1) is 0 Å². The summed E-state index contributed by atoms with van der Waals surface area (Å²) in [6.07, 6.45) is 0. The predicted molar refractivity (Wildman–Crippen MR) is 57.7 cm³/mol. The van der Waals surface area contributed by atoms with Gasteiger partial charge in [0.1, 0.15) is 0 Å². The van der Waals surface area contributed by atoms with Crippen LogP contribution in [0.1, 0.15) is 10.4 Å². The van der Waals surface area contributed by atoms with Gasteiger partial charge in [-0.2, -0.15) is 0 Å². The summed E-state index contributed by atoms with van der Waals surface area (Å²) in [7, 11) is 0. The summed E-state index contributed by atoms with van der Waals surface area (Å²) in [4.78, 5) is 1.19. The van der Waals surface area contributed by atoms with Crippen LogP contribution in [0.5, 0.6) is 0 Å². The molecule has 0 aliphatic rings. The smallest absolute Gasteiger partial charge is 0.0349 e. The van der Waals surface area contributed by atoms with E-state index in [1.807, 2.05) is 29.6 Å². The zero-order chi connectivity index (χ0) is 9.10. The monoisotopic (exact) mass is 185 g/mol. The van der Waals surface area contributed by atoms with E-state index in [-0.39, 0.29) is 0 Å². The van der Waals surface area contributed by atoms with Crippen molar-refractivity contribution in [2.75, 3.05) is 0 Å². The topological polar surface area (TPSA) is 0 Å². The highest BCUT2D eigenvalue weighted by molar-refractivity contribution is 7.11. The number of rotatable bonds is 2. The van der Waals surface area contributed by atoms with E-state index in [1.54, 1.807) is 11.3 Å². The molecule has 0 nitrogen and oxygen atoms in total. The Kier molecular flexibility index (Phi) is 2.28. The molecule has 0 amide bonds. The molecule has 0 N–H and O–H groups in total. The molecule has 2 rings (SSSR count). The molecule has 0 bridgehead atoms. The lowest BCUT2D eigenvalue weighted by Crippen LogP contribution is -1.80. The summed E-state index contributed by atoms with van der Waals surface area (Å²) >= 11 is 1.67. The summed E-state index contributed by atoms with van der Waals surface area (Å²) in [5, 5.41) is 1.95. The Balaban J connectivity index is 2.34. The van der Waals surface area contributed by atoms with Crippen molar-refractivity contribution in [2.24, 2.45) is 0 Å². The van der Waals surface area contributed by atoms with E-state index in [9.17, 15) is 0 Å². The van der Waals surface area contributed by atoms with E-state index in [4.69, 9.17) is 0 Å². The molecule has 1 heterocycles. The highest BCUT2D eigenvalue weighted by Crippen LogP contribution is 2.24. The van der Waals surface area contributed by atoms with Gasteiger partial charge in [-0.1, -0.05) is 36.9 Å². The molecule has 0 fully saturated rings. The summed E-state index contributed by atoms with van der Waals surface area (Å²) < 4.78 is 0. The second kappa shape index (κ2) is 3.58. The third-order valence-electron chi connectivity index (χ3n) is 1.89. The van der Waals surface area contributed by atoms with Gasteiger partial charge in [0.15, 0.2) is 0 Å². The Morgan fingerprint density at radius 3 is 2.62 bits per heavy atom.